The molecule has 148 valence electrons. The van der Waals surface area contributed by atoms with Crippen molar-refractivity contribution in [3.8, 4) is 0 Å². The summed E-state index contributed by atoms with van der Waals surface area (Å²) in [7, 11) is 0. The molecule has 8 heteroatoms. The van der Waals surface area contributed by atoms with E-state index in [2.05, 4.69) is 10.6 Å². The maximum Gasteiger partial charge on any atom is 0.306 e. The highest BCUT2D eigenvalue weighted by Crippen LogP contribution is 2.25. The van der Waals surface area contributed by atoms with E-state index in [0.29, 0.717) is 15.7 Å². The van der Waals surface area contributed by atoms with Crippen LogP contribution in [0.15, 0.2) is 48.5 Å². The second kappa shape index (κ2) is 10.7. The predicted molar refractivity (Wildman–Crippen MR) is 108 cm³/mol. The van der Waals surface area contributed by atoms with Crippen molar-refractivity contribution in [2.75, 3.05) is 11.9 Å². The SMILES string of the molecule is C[C@@H](NC(=O)COC(=O)CCC(=O)Nc1ccc(Cl)cc1Cl)c1ccccc1. The van der Waals surface area contributed by atoms with Gasteiger partial charge in [0.05, 0.1) is 23.2 Å². The largest absolute Gasteiger partial charge is 0.456 e. The van der Waals surface area contributed by atoms with Crippen molar-refractivity contribution in [1.29, 1.82) is 0 Å². The van der Waals surface area contributed by atoms with Crippen molar-refractivity contribution in [3.63, 3.8) is 0 Å². The number of esters is 1. The normalized spacial score (nSPS) is 11.4. The Morgan fingerprint density at radius 3 is 2.39 bits per heavy atom. The van der Waals surface area contributed by atoms with Crippen LogP contribution in [0.25, 0.3) is 0 Å². The van der Waals surface area contributed by atoms with Crippen molar-refractivity contribution in [2.24, 2.45) is 0 Å². The zero-order valence-electron chi connectivity index (χ0n) is 15.2. The molecule has 0 heterocycles. The maximum absolute atomic E-state index is 11.9. The number of ether oxygens (including phenoxy) is 1. The number of anilines is 1. The Kier molecular flexibility index (Phi) is 8.29. The van der Waals surface area contributed by atoms with Crippen LogP contribution >= 0.6 is 23.2 Å². The van der Waals surface area contributed by atoms with E-state index in [9.17, 15) is 14.4 Å². The Morgan fingerprint density at radius 1 is 1.00 bits per heavy atom. The van der Waals surface area contributed by atoms with E-state index in [1.807, 2.05) is 37.3 Å². The Labute approximate surface area is 173 Å². The molecule has 2 aromatic carbocycles. The Bertz CT molecular complexity index is 843. The minimum atomic E-state index is -0.639. The van der Waals surface area contributed by atoms with Crippen LogP contribution in [0.5, 0.6) is 0 Å². The van der Waals surface area contributed by atoms with E-state index >= 15 is 0 Å². The highest BCUT2D eigenvalue weighted by Gasteiger charge is 2.13. The van der Waals surface area contributed by atoms with Crippen LogP contribution in [0.4, 0.5) is 5.69 Å². The van der Waals surface area contributed by atoms with Crippen molar-refractivity contribution >= 4 is 46.7 Å². The van der Waals surface area contributed by atoms with E-state index in [0.717, 1.165) is 5.56 Å². The van der Waals surface area contributed by atoms with Gasteiger partial charge in [0.1, 0.15) is 0 Å². The first kappa shape index (κ1) is 21.7. The van der Waals surface area contributed by atoms with Crippen LogP contribution in [-0.4, -0.2) is 24.4 Å². The summed E-state index contributed by atoms with van der Waals surface area (Å²) in [5, 5.41) is 6.07. The summed E-state index contributed by atoms with van der Waals surface area (Å²) in [6.07, 6.45) is -0.252. The summed E-state index contributed by atoms with van der Waals surface area (Å²) < 4.78 is 4.91. The van der Waals surface area contributed by atoms with Crippen molar-refractivity contribution in [2.45, 2.75) is 25.8 Å². The molecule has 0 radical (unpaired) electrons. The average Bonchev–Trinajstić information content (AvgIpc) is 2.67. The van der Waals surface area contributed by atoms with Gasteiger partial charge in [-0.25, -0.2) is 0 Å². The minimum absolute atomic E-state index is 0.0974. The minimum Gasteiger partial charge on any atom is -0.456 e. The monoisotopic (exact) mass is 422 g/mol. The molecule has 1 atom stereocenters. The number of halogens is 2. The highest BCUT2D eigenvalue weighted by molar-refractivity contribution is 6.36. The molecular formula is C20H20Cl2N2O4. The van der Waals surface area contributed by atoms with Gasteiger partial charge in [0, 0.05) is 11.4 Å². The first-order valence-corrected chi connectivity index (χ1v) is 9.35. The molecule has 2 aromatic rings. The van der Waals surface area contributed by atoms with Gasteiger partial charge in [0.15, 0.2) is 6.61 Å². The number of benzene rings is 2. The topological polar surface area (TPSA) is 84.5 Å². The fourth-order valence-electron chi connectivity index (χ4n) is 2.35. The summed E-state index contributed by atoms with van der Waals surface area (Å²) >= 11 is 11.8. The third-order valence-electron chi connectivity index (χ3n) is 3.80. The fraction of sp³-hybridized carbons (Fsp3) is 0.250. The number of rotatable bonds is 8. The van der Waals surface area contributed by atoms with E-state index < -0.39 is 24.4 Å². The molecule has 0 saturated carbocycles. The van der Waals surface area contributed by atoms with Crippen LogP contribution in [0.2, 0.25) is 10.0 Å². The van der Waals surface area contributed by atoms with Gasteiger partial charge >= 0.3 is 5.97 Å². The lowest BCUT2D eigenvalue weighted by molar-refractivity contribution is -0.149. The molecule has 0 saturated heterocycles. The van der Waals surface area contributed by atoms with E-state index in [1.54, 1.807) is 12.1 Å². The second-order valence-electron chi connectivity index (χ2n) is 6.03. The zero-order valence-corrected chi connectivity index (χ0v) is 16.7. The van der Waals surface area contributed by atoms with Crippen molar-refractivity contribution < 1.29 is 19.1 Å². The molecule has 0 spiro atoms. The van der Waals surface area contributed by atoms with Crippen LogP contribution in [0, 0.1) is 0 Å². The number of amides is 2. The lowest BCUT2D eigenvalue weighted by Gasteiger charge is -2.14. The third-order valence-corrected chi connectivity index (χ3v) is 4.35. The van der Waals surface area contributed by atoms with Gasteiger partial charge < -0.3 is 15.4 Å². The lowest BCUT2D eigenvalue weighted by Crippen LogP contribution is -2.31. The van der Waals surface area contributed by atoms with E-state index in [-0.39, 0.29) is 18.9 Å². The average molecular weight is 423 g/mol. The summed E-state index contributed by atoms with van der Waals surface area (Å²) in [6, 6.07) is 13.9. The fourth-order valence-corrected chi connectivity index (χ4v) is 2.80. The molecule has 0 aliphatic heterocycles. The second-order valence-corrected chi connectivity index (χ2v) is 6.88. The molecule has 0 aliphatic carbocycles. The summed E-state index contributed by atoms with van der Waals surface area (Å²) in [5.41, 5.74) is 1.35. The summed E-state index contributed by atoms with van der Waals surface area (Å²) in [4.78, 5) is 35.5. The first-order chi connectivity index (χ1) is 13.3. The molecular weight excluding hydrogens is 403 g/mol. The molecule has 6 nitrogen and oxygen atoms in total. The summed E-state index contributed by atoms with van der Waals surface area (Å²) in [6.45, 7) is 1.43. The zero-order chi connectivity index (χ0) is 20.5. The molecule has 2 rings (SSSR count). The molecule has 2 N–H and O–H groups in total. The lowest BCUT2D eigenvalue weighted by atomic mass is 10.1. The molecule has 0 bridgehead atoms. The van der Waals surface area contributed by atoms with Gasteiger partial charge in [-0.3, -0.25) is 14.4 Å². The van der Waals surface area contributed by atoms with Gasteiger partial charge in [0.2, 0.25) is 5.91 Å². The molecule has 0 aromatic heterocycles. The van der Waals surface area contributed by atoms with Crippen molar-refractivity contribution in [1.82, 2.24) is 5.32 Å². The quantitative estimate of drug-likeness (QED) is 0.626. The molecule has 0 fully saturated rings. The van der Waals surface area contributed by atoms with Crippen LogP contribution in [-0.2, 0) is 19.1 Å². The van der Waals surface area contributed by atoms with Crippen molar-refractivity contribution in [3.05, 3.63) is 64.1 Å². The van der Waals surface area contributed by atoms with E-state index in [4.69, 9.17) is 27.9 Å². The molecule has 0 aliphatic rings. The standard InChI is InChI=1S/C20H20Cl2N2O4/c1-13(14-5-3-2-4-6-14)23-19(26)12-28-20(27)10-9-18(25)24-17-8-7-15(21)11-16(17)22/h2-8,11,13H,9-10,12H2,1H3,(H,23,26)(H,24,25)/t13-/m1/s1. The van der Waals surface area contributed by atoms with Gasteiger partial charge in [0.25, 0.3) is 5.91 Å². The van der Waals surface area contributed by atoms with Gasteiger partial charge in [-0.15, -0.1) is 0 Å². The number of carbonyl (C=O) groups excluding carboxylic acids is 3. The Morgan fingerprint density at radius 2 is 1.71 bits per heavy atom. The number of carbonyl (C=O) groups is 3. The predicted octanol–water partition coefficient (Wildman–Crippen LogP) is 4.13. The maximum atomic E-state index is 11.9. The Balaban J connectivity index is 1.69. The first-order valence-electron chi connectivity index (χ1n) is 8.60. The van der Waals surface area contributed by atoms with Gasteiger partial charge in [-0.1, -0.05) is 53.5 Å². The number of nitrogens with one attached hydrogen (secondary N) is 2. The number of hydrogen-bond acceptors (Lipinski definition) is 4. The number of hydrogen-bond donors (Lipinski definition) is 2. The Hall–Kier alpha value is -2.57. The molecule has 0 unspecified atom stereocenters. The van der Waals surface area contributed by atoms with Crippen LogP contribution in [0.1, 0.15) is 31.4 Å². The smallest absolute Gasteiger partial charge is 0.306 e. The van der Waals surface area contributed by atoms with Crippen LogP contribution < -0.4 is 10.6 Å². The van der Waals surface area contributed by atoms with E-state index in [1.165, 1.54) is 6.07 Å². The van der Waals surface area contributed by atoms with Gasteiger partial charge in [-0.2, -0.15) is 0 Å². The van der Waals surface area contributed by atoms with Gasteiger partial charge in [-0.05, 0) is 30.7 Å². The molecule has 28 heavy (non-hydrogen) atoms. The highest BCUT2D eigenvalue weighted by atomic mass is 35.5. The van der Waals surface area contributed by atoms with Crippen LogP contribution in [0.3, 0.4) is 0 Å². The summed E-state index contributed by atoms with van der Waals surface area (Å²) in [5.74, 6) is -1.45. The third kappa shape index (κ3) is 7.21. The molecule has 2 amide bonds.